The monoisotopic (exact) mass is 293 g/mol. The lowest BCUT2D eigenvalue weighted by molar-refractivity contribution is 0.0231. The molecule has 0 radical (unpaired) electrons. The van der Waals surface area contributed by atoms with E-state index < -0.39 is 6.10 Å². The lowest BCUT2D eigenvalue weighted by Crippen LogP contribution is -2.46. The van der Waals surface area contributed by atoms with Crippen LogP contribution in [0.2, 0.25) is 0 Å². The molecule has 1 aliphatic rings. The van der Waals surface area contributed by atoms with E-state index >= 15 is 0 Å². The van der Waals surface area contributed by atoms with Crippen molar-refractivity contribution in [3.05, 3.63) is 29.3 Å². The summed E-state index contributed by atoms with van der Waals surface area (Å²) in [7, 11) is 0. The van der Waals surface area contributed by atoms with Crippen molar-refractivity contribution in [1.82, 2.24) is 4.90 Å². The quantitative estimate of drug-likeness (QED) is 0.841. The first-order chi connectivity index (χ1) is 10.1. The number of rotatable bonds is 6. The lowest BCUT2D eigenvalue weighted by atomic mass is 10.0. The van der Waals surface area contributed by atoms with Gasteiger partial charge in [0, 0.05) is 12.6 Å². The van der Waals surface area contributed by atoms with Crippen molar-refractivity contribution in [3.63, 3.8) is 0 Å². The van der Waals surface area contributed by atoms with Crippen molar-refractivity contribution in [2.75, 3.05) is 26.3 Å². The van der Waals surface area contributed by atoms with Crippen LogP contribution >= 0.6 is 0 Å². The van der Waals surface area contributed by atoms with Gasteiger partial charge in [-0.15, -0.1) is 0 Å². The number of aliphatic hydroxyl groups excluding tert-OH is 2. The molecule has 2 atom stereocenters. The van der Waals surface area contributed by atoms with Gasteiger partial charge in [0.25, 0.3) is 0 Å². The highest BCUT2D eigenvalue weighted by Gasteiger charge is 2.23. The maximum absolute atomic E-state index is 10.2. The van der Waals surface area contributed by atoms with Gasteiger partial charge in [0.2, 0.25) is 0 Å². The van der Waals surface area contributed by atoms with Crippen LogP contribution in [0, 0.1) is 13.8 Å². The third kappa shape index (κ3) is 4.70. The number of benzene rings is 1. The molecule has 1 saturated heterocycles. The summed E-state index contributed by atoms with van der Waals surface area (Å²) < 4.78 is 5.72. The zero-order chi connectivity index (χ0) is 15.2. The molecule has 2 N–H and O–H groups in total. The standard InChI is InChI=1S/C17H27NO3/c1-13-6-7-17(14(2)9-13)21-12-16(20)10-18-8-4-3-5-15(18)11-19/h6-7,9,15-16,19-20H,3-5,8,10-12H2,1-2H3/t15-,16?/m1/s1. The first kappa shape index (κ1) is 16.3. The summed E-state index contributed by atoms with van der Waals surface area (Å²) in [4.78, 5) is 2.18. The Balaban J connectivity index is 1.82. The van der Waals surface area contributed by atoms with Gasteiger partial charge in [-0.25, -0.2) is 0 Å². The molecular formula is C17H27NO3. The van der Waals surface area contributed by atoms with Gasteiger partial charge >= 0.3 is 0 Å². The fourth-order valence-electron chi connectivity index (χ4n) is 2.98. The second-order valence-electron chi connectivity index (χ2n) is 6.06. The van der Waals surface area contributed by atoms with Crippen molar-refractivity contribution in [1.29, 1.82) is 0 Å². The number of β-amino-alcohol motifs (C(OH)–C–C–N with tert-alkyl or cyclic N) is 1. The predicted molar refractivity (Wildman–Crippen MR) is 83.7 cm³/mol. The number of aliphatic hydroxyl groups is 2. The Bertz CT molecular complexity index is 450. The molecule has 0 aromatic heterocycles. The number of nitrogens with zero attached hydrogens (tertiary/aromatic N) is 1. The molecule has 1 aromatic rings. The van der Waals surface area contributed by atoms with Crippen molar-refractivity contribution < 1.29 is 14.9 Å². The lowest BCUT2D eigenvalue weighted by Gasteiger charge is -2.35. The minimum atomic E-state index is -0.530. The largest absolute Gasteiger partial charge is 0.491 e. The van der Waals surface area contributed by atoms with E-state index in [0.717, 1.165) is 37.1 Å². The van der Waals surface area contributed by atoms with E-state index in [1.54, 1.807) is 0 Å². The van der Waals surface area contributed by atoms with E-state index in [4.69, 9.17) is 4.74 Å². The van der Waals surface area contributed by atoms with Gasteiger partial charge in [-0.3, -0.25) is 4.90 Å². The molecule has 1 fully saturated rings. The number of likely N-dealkylation sites (tertiary alicyclic amines) is 1. The maximum Gasteiger partial charge on any atom is 0.122 e. The first-order valence-electron chi connectivity index (χ1n) is 7.83. The number of hydrogen-bond acceptors (Lipinski definition) is 4. The molecule has 4 nitrogen and oxygen atoms in total. The minimum Gasteiger partial charge on any atom is -0.491 e. The summed E-state index contributed by atoms with van der Waals surface area (Å²) in [5, 5.41) is 19.6. The van der Waals surface area contributed by atoms with Crippen molar-refractivity contribution in [2.45, 2.75) is 45.3 Å². The smallest absolute Gasteiger partial charge is 0.122 e. The van der Waals surface area contributed by atoms with Gasteiger partial charge in [0.15, 0.2) is 0 Å². The van der Waals surface area contributed by atoms with E-state index in [-0.39, 0.29) is 12.6 Å². The molecule has 0 aliphatic carbocycles. The Kier molecular flexibility index (Phi) is 6.03. The summed E-state index contributed by atoms with van der Waals surface area (Å²) >= 11 is 0. The Morgan fingerprint density at radius 2 is 2.14 bits per heavy atom. The Morgan fingerprint density at radius 1 is 1.33 bits per heavy atom. The van der Waals surface area contributed by atoms with Gasteiger partial charge < -0.3 is 14.9 Å². The van der Waals surface area contributed by atoms with Crippen LogP contribution in [0.5, 0.6) is 5.75 Å². The van der Waals surface area contributed by atoms with Crippen LogP contribution in [0.3, 0.4) is 0 Å². The van der Waals surface area contributed by atoms with Crippen LogP contribution in [0.1, 0.15) is 30.4 Å². The predicted octanol–water partition coefficient (Wildman–Crippen LogP) is 1.89. The van der Waals surface area contributed by atoms with Gasteiger partial charge in [-0.05, 0) is 44.9 Å². The number of aryl methyl sites for hydroxylation is 2. The van der Waals surface area contributed by atoms with Gasteiger partial charge in [0.05, 0.1) is 6.61 Å². The molecule has 118 valence electrons. The molecule has 1 aliphatic heterocycles. The van der Waals surface area contributed by atoms with Crippen LogP contribution < -0.4 is 4.74 Å². The average molecular weight is 293 g/mol. The Morgan fingerprint density at radius 3 is 2.86 bits per heavy atom. The Hall–Kier alpha value is -1.10. The fraction of sp³-hybridized carbons (Fsp3) is 0.647. The highest BCUT2D eigenvalue weighted by molar-refractivity contribution is 5.35. The normalized spacial score (nSPS) is 21.2. The molecule has 0 spiro atoms. The molecular weight excluding hydrogens is 266 g/mol. The van der Waals surface area contributed by atoms with E-state index in [2.05, 4.69) is 17.9 Å². The zero-order valence-electron chi connectivity index (χ0n) is 13.1. The average Bonchev–Trinajstić information content (AvgIpc) is 2.47. The van der Waals surface area contributed by atoms with Crippen molar-refractivity contribution >= 4 is 0 Å². The van der Waals surface area contributed by atoms with E-state index in [1.165, 1.54) is 5.56 Å². The van der Waals surface area contributed by atoms with Crippen LogP contribution in [0.4, 0.5) is 0 Å². The van der Waals surface area contributed by atoms with Crippen molar-refractivity contribution in [2.24, 2.45) is 0 Å². The molecule has 4 heteroatoms. The number of ether oxygens (including phenoxy) is 1. The molecule has 21 heavy (non-hydrogen) atoms. The highest BCUT2D eigenvalue weighted by atomic mass is 16.5. The topological polar surface area (TPSA) is 52.9 Å². The maximum atomic E-state index is 10.2. The summed E-state index contributed by atoms with van der Waals surface area (Å²) in [5.74, 6) is 0.831. The molecule has 0 amide bonds. The molecule has 1 aromatic carbocycles. The molecule has 1 unspecified atom stereocenters. The summed E-state index contributed by atoms with van der Waals surface area (Å²) in [6.07, 6.45) is 2.79. The zero-order valence-corrected chi connectivity index (χ0v) is 13.1. The second-order valence-corrected chi connectivity index (χ2v) is 6.06. The van der Waals surface area contributed by atoms with Gasteiger partial charge in [-0.2, -0.15) is 0 Å². The van der Waals surface area contributed by atoms with Crippen molar-refractivity contribution in [3.8, 4) is 5.75 Å². The summed E-state index contributed by atoms with van der Waals surface area (Å²) in [6, 6.07) is 6.24. The molecule has 0 bridgehead atoms. The van der Waals surface area contributed by atoms with E-state index in [1.807, 2.05) is 19.1 Å². The summed E-state index contributed by atoms with van der Waals surface area (Å²) in [6.45, 7) is 6.04. The fourth-order valence-corrected chi connectivity index (χ4v) is 2.98. The van der Waals surface area contributed by atoms with Gasteiger partial charge in [0.1, 0.15) is 18.5 Å². The summed E-state index contributed by atoms with van der Waals surface area (Å²) in [5.41, 5.74) is 2.30. The van der Waals surface area contributed by atoms with Gasteiger partial charge in [-0.1, -0.05) is 24.1 Å². The van der Waals surface area contributed by atoms with Crippen LogP contribution in [-0.4, -0.2) is 53.6 Å². The minimum absolute atomic E-state index is 0.171. The van der Waals surface area contributed by atoms with E-state index in [0.29, 0.717) is 13.2 Å². The van der Waals surface area contributed by atoms with E-state index in [9.17, 15) is 10.2 Å². The van der Waals surface area contributed by atoms with Crippen LogP contribution in [0.25, 0.3) is 0 Å². The SMILES string of the molecule is Cc1ccc(OCC(O)CN2CCCC[C@@H]2CO)c(C)c1. The second kappa shape index (κ2) is 7.78. The first-order valence-corrected chi connectivity index (χ1v) is 7.83. The molecule has 1 heterocycles. The Labute approximate surface area is 127 Å². The third-order valence-corrected chi connectivity index (χ3v) is 4.17. The number of hydrogen-bond donors (Lipinski definition) is 2. The molecule has 0 saturated carbocycles. The van der Waals surface area contributed by atoms with Crippen LogP contribution in [0.15, 0.2) is 18.2 Å². The molecule has 2 rings (SSSR count). The number of piperidine rings is 1. The third-order valence-electron chi connectivity index (χ3n) is 4.17. The highest BCUT2D eigenvalue weighted by Crippen LogP contribution is 2.20. The van der Waals surface area contributed by atoms with Crippen LogP contribution in [-0.2, 0) is 0 Å².